The van der Waals surface area contributed by atoms with E-state index in [1.54, 1.807) is 27.3 Å². The summed E-state index contributed by atoms with van der Waals surface area (Å²) in [5, 5.41) is 4.74. The van der Waals surface area contributed by atoms with Gasteiger partial charge in [0.15, 0.2) is 11.6 Å². The third-order valence-corrected chi connectivity index (χ3v) is 16.8. The van der Waals surface area contributed by atoms with Crippen molar-refractivity contribution in [1.29, 1.82) is 0 Å². The molecule has 0 bridgehead atoms. The van der Waals surface area contributed by atoms with E-state index in [4.69, 9.17) is 19.4 Å². The van der Waals surface area contributed by atoms with Crippen LogP contribution in [0.4, 0.5) is 0 Å². The number of aromatic nitrogens is 5. The number of hydrogen-bond acceptors (Lipinski definition) is 8. The molecule has 0 amide bonds. The Morgan fingerprint density at radius 2 is 1.13 bits per heavy atom. The van der Waals surface area contributed by atoms with E-state index < -0.39 is 0 Å². The molecule has 0 saturated carbocycles. The molecule has 0 radical (unpaired) electrons. The summed E-state index contributed by atoms with van der Waals surface area (Å²) in [4.78, 5) is 40.5. The Morgan fingerprint density at radius 1 is 0.571 bits per heavy atom. The predicted octanol–water partition coefficient (Wildman–Crippen LogP) is 17.7. The van der Waals surface area contributed by atoms with Crippen LogP contribution in [-0.2, 0) is 11.8 Å². The van der Waals surface area contributed by atoms with Gasteiger partial charge in [-0.05, 0) is 103 Å². The van der Waals surface area contributed by atoms with E-state index in [-0.39, 0.29) is 17.0 Å². The van der Waals surface area contributed by atoms with Gasteiger partial charge in [-0.25, -0.2) is 15.0 Å². The Labute approximate surface area is 493 Å². The molecule has 0 spiro atoms. The van der Waals surface area contributed by atoms with Gasteiger partial charge in [-0.2, -0.15) is 0 Å². The van der Waals surface area contributed by atoms with E-state index >= 15 is 0 Å². The third kappa shape index (κ3) is 10.9. The fourth-order valence-electron chi connectivity index (χ4n) is 12.9. The van der Waals surface area contributed by atoms with E-state index in [0.29, 0.717) is 17.7 Å². The molecule has 0 fully saturated rings. The first kappa shape index (κ1) is 56.7. The number of ether oxygens (including phenoxy) is 2. The van der Waals surface area contributed by atoms with Gasteiger partial charge in [0.1, 0.15) is 23.1 Å². The van der Waals surface area contributed by atoms with Crippen molar-refractivity contribution in [1.82, 2.24) is 29.0 Å². The zero-order chi connectivity index (χ0) is 58.3. The van der Waals surface area contributed by atoms with Gasteiger partial charge in [0.05, 0.1) is 53.2 Å². The van der Waals surface area contributed by atoms with Gasteiger partial charge in [0.25, 0.3) is 0 Å². The second-order valence-corrected chi connectivity index (χ2v) is 22.4. The SMILES string of the molecule is CC(=O)c1ccc2c3ccccc3n(-c3ccccn3)c2c1.CCCCCCC1(CCCCCC)c2ccc(-c3ccc4c5ccccc5n(-c5ccccn5)c4c3)nc2-c2c(OC)cccc21.COc1cccc2c1C(=O)/C(=C/N(C)C)C2. The fraction of sp³-hybridized carbons (Fsp3) is 0.257. The summed E-state index contributed by atoms with van der Waals surface area (Å²) in [6.45, 7) is 6.18. The number of Topliss-reactive ketones (excluding diaryl/α,β-unsaturated/α-hetero) is 2. The van der Waals surface area contributed by atoms with Crippen LogP contribution in [-0.4, -0.2) is 68.9 Å². The van der Waals surface area contributed by atoms with E-state index in [9.17, 15) is 9.59 Å². The van der Waals surface area contributed by atoms with Crippen LogP contribution in [0, 0.1) is 0 Å². The van der Waals surface area contributed by atoms with Crippen LogP contribution in [0.25, 0.3) is 77.8 Å². The summed E-state index contributed by atoms with van der Waals surface area (Å²) in [5.41, 5.74) is 14.9. The van der Waals surface area contributed by atoms with E-state index in [1.807, 2.05) is 104 Å². The summed E-state index contributed by atoms with van der Waals surface area (Å²) in [6.07, 6.45) is 18.6. The van der Waals surface area contributed by atoms with E-state index in [2.05, 4.69) is 125 Å². The molecular formula is C74H74N6O4. The number of rotatable bonds is 17. The lowest BCUT2D eigenvalue weighted by Gasteiger charge is -2.32. The number of carbonyl (C=O) groups is 2. The van der Waals surface area contributed by atoms with Crippen molar-refractivity contribution in [3.8, 4) is 45.6 Å². The molecule has 13 rings (SSSR count). The molecule has 0 saturated heterocycles. The Hall–Kier alpha value is -9.15. The molecule has 0 unspecified atom stereocenters. The monoisotopic (exact) mass is 1110 g/mol. The highest BCUT2D eigenvalue weighted by Crippen LogP contribution is 2.56. The van der Waals surface area contributed by atoms with Crippen molar-refractivity contribution in [2.45, 2.75) is 96.8 Å². The Morgan fingerprint density at radius 3 is 1.70 bits per heavy atom. The maximum Gasteiger partial charge on any atom is 0.194 e. The molecule has 2 aliphatic rings. The Kier molecular flexibility index (Phi) is 17.0. The van der Waals surface area contributed by atoms with Crippen molar-refractivity contribution >= 4 is 55.2 Å². The van der Waals surface area contributed by atoms with Crippen LogP contribution in [0.15, 0.2) is 194 Å². The number of hydrogen-bond donors (Lipinski definition) is 0. The number of methoxy groups -OCH3 is 2. The highest BCUT2D eigenvalue weighted by atomic mass is 16.5. The zero-order valence-corrected chi connectivity index (χ0v) is 49.5. The summed E-state index contributed by atoms with van der Waals surface area (Å²) in [6, 6.07) is 58.5. The highest BCUT2D eigenvalue weighted by molar-refractivity contribution is 6.15. The van der Waals surface area contributed by atoms with Crippen molar-refractivity contribution < 1.29 is 19.1 Å². The number of para-hydroxylation sites is 2. The van der Waals surface area contributed by atoms with Crippen molar-refractivity contribution in [3.05, 3.63) is 222 Å². The molecule has 5 aromatic heterocycles. The Balaban J connectivity index is 0.000000158. The van der Waals surface area contributed by atoms with Crippen LogP contribution in [0.2, 0.25) is 0 Å². The molecule has 10 nitrogen and oxygen atoms in total. The molecule has 0 atom stereocenters. The second kappa shape index (κ2) is 25.1. The van der Waals surface area contributed by atoms with Crippen molar-refractivity contribution in [2.24, 2.45) is 0 Å². The lowest BCUT2D eigenvalue weighted by Crippen LogP contribution is -2.25. The van der Waals surface area contributed by atoms with Gasteiger partial charge < -0.3 is 14.4 Å². The van der Waals surface area contributed by atoms with Crippen LogP contribution in [0.3, 0.4) is 0 Å². The molecule has 2 aliphatic carbocycles. The van der Waals surface area contributed by atoms with E-state index in [1.165, 1.54) is 84.2 Å². The first-order chi connectivity index (χ1) is 41.1. The number of fused-ring (bicyclic) bond motifs is 10. The maximum atomic E-state index is 12.1. The number of pyridine rings is 3. The standard InChI is InChI=1S/C42H45N3O.C19H14N2O.C13H15NO2/c1-4-6-8-13-26-42(27-14-9-7-5-2)33-18-16-20-38(46-3)40(33)41-34(42)24-25-35(44-41)30-22-23-32-31-17-10-11-19-36(31)45(37(32)29-30)39-21-12-15-28-43-39;1-13(22)14-9-10-16-15-6-2-3-7-17(15)21(18(16)12-14)19-8-4-5-11-20-19;1-14(2)8-10-7-9-5-4-6-11(16-3)12(9)13(10)15/h10-12,15-25,28-29H,4-9,13-14,26-27H2,1-3H3;2-12H,1H3;4-6,8H,7H2,1-3H3/b;;10-8+. The van der Waals surface area contributed by atoms with Crippen molar-refractivity contribution in [3.63, 3.8) is 0 Å². The van der Waals surface area contributed by atoms with Gasteiger partial charge in [0.2, 0.25) is 0 Å². The number of nitrogens with zero attached hydrogens (tertiary/aromatic N) is 6. The van der Waals surface area contributed by atoms with E-state index in [0.717, 1.165) is 91.3 Å². The normalized spacial score (nSPS) is 13.3. The molecule has 0 aliphatic heterocycles. The van der Waals surface area contributed by atoms with Gasteiger partial charge in [0, 0.05) is 88.3 Å². The molecule has 424 valence electrons. The molecule has 10 heteroatoms. The summed E-state index contributed by atoms with van der Waals surface area (Å²) in [7, 11) is 7.23. The topological polar surface area (TPSA) is 104 Å². The fourth-order valence-corrected chi connectivity index (χ4v) is 12.9. The van der Waals surface area contributed by atoms with Gasteiger partial charge >= 0.3 is 0 Å². The number of unbranched alkanes of at least 4 members (excludes halogenated alkanes) is 6. The van der Waals surface area contributed by atoms with Crippen LogP contribution < -0.4 is 9.47 Å². The minimum atomic E-state index is -0.0262. The lowest BCUT2D eigenvalue weighted by molar-refractivity contribution is 0.101. The highest BCUT2D eigenvalue weighted by Gasteiger charge is 2.44. The van der Waals surface area contributed by atoms with Crippen LogP contribution in [0.1, 0.15) is 122 Å². The number of allylic oxidation sites excluding steroid dienone is 1. The van der Waals surface area contributed by atoms with Gasteiger partial charge in [-0.1, -0.05) is 168 Å². The minimum Gasteiger partial charge on any atom is -0.496 e. The lowest BCUT2D eigenvalue weighted by atomic mass is 9.70. The largest absolute Gasteiger partial charge is 0.496 e. The third-order valence-electron chi connectivity index (χ3n) is 16.8. The summed E-state index contributed by atoms with van der Waals surface area (Å²) in [5.74, 6) is 3.53. The van der Waals surface area contributed by atoms with Crippen LogP contribution in [0.5, 0.6) is 11.5 Å². The molecule has 11 aromatic rings. The summed E-state index contributed by atoms with van der Waals surface area (Å²) >= 11 is 0. The summed E-state index contributed by atoms with van der Waals surface area (Å²) < 4.78 is 15.6. The number of benzene rings is 6. The van der Waals surface area contributed by atoms with Crippen molar-refractivity contribution in [2.75, 3.05) is 28.3 Å². The molecule has 84 heavy (non-hydrogen) atoms. The van der Waals surface area contributed by atoms with Gasteiger partial charge in [-0.3, -0.25) is 18.7 Å². The molecule has 0 N–H and O–H groups in total. The minimum absolute atomic E-state index is 0.0262. The average molecular weight is 1110 g/mol. The first-order valence-electron chi connectivity index (χ1n) is 29.8. The molecule has 5 heterocycles. The first-order valence-corrected chi connectivity index (χ1v) is 29.8. The van der Waals surface area contributed by atoms with Gasteiger partial charge in [-0.15, -0.1) is 0 Å². The molecular weight excluding hydrogens is 1040 g/mol. The zero-order valence-electron chi connectivity index (χ0n) is 49.5. The maximum absolute atomic E-state index is 12.1. The predicted molar refractivity (Wildman–Crippen MR) is 343 cm³/mol. The average Bonchev–Trinajstić information content (AvgIpc) is 2.44. The molecule has 6 aromatic carbocycles. The number of carbonyl (C=O) groups excluding carboxylic acids is 2. The Bertz CT molecular complexity index is 4200. The smallest absolute Gasteiger partial charge is 0.194 e. The second-order valence-electron chi connectivity index (χ2n) is 22.4. The van der Waals surface area contributed by atoms with Crippen LogP contribution >= 0.6 is 0 Å². The quantitative estimate of drug-likeness (QED) is 0.0504. The number of ketones is 2.